The Morgan fingerprint density at radius 2 is 1.74 bits per heavy atom. The van der Waals surface area contributed by atoms with Gasteiger partial charge in [0.15, 0.2) is 0 Å². The molecule has 0 fully saturated rings. The van der Waals surface area contributed by atoms with E-state index in [1.54, 1.807) is 6.07 Å². The zero-order chi connectivity index (χ0) is 14.0. The molecule has 0 bridgehead atoms. The average molecular weight is 321 g/mol. The zero-order valence-corrected chi connectivity index (χ0v) is 11.4. The molecular weight excluding hydrogens is 315 g/mol. The molecule has 0 unspecified atom stereocenters. The minimum atomic E-state index is -4.28. The first-order valence-electron chi connectivity index (χ1n) is 4.76. The number of anilines is 2. The van der Waals surface area contributed by atoms with Crippen molar-refractivity contribution >= 4 is 45.0 Å². The Labute approximate surface area is 118 Å². The first-order chi connectivity index (χ1) is 8.84. The fourth-order valence-electron chi connectivity index (χ4n) is 1.25. The lowest BCUT2D eigenvalue weighted by Crippen LogP contribution is -2.02. The Bertz CT molecular complexity index is 703. The van der Waals surface area contributed by atoms with Crippen molar-refractivity contribution in [1.29, 1.82) is 0 Å². The third-order valence-corrected chi connectivity index (χ3v) is 3.16. The Balaban J connectivity index is 2.33. The molecule has 0 saturated heterocycles. The lowest BCUT2D eigenvalue weighted by Gasteiger charge is -2.06. The van der Waals surface area contributed by atoms with Crippen LogP contribution in [-0.2, 0) is 10.1 Å². The minimum absolute atomic E-state index is 0.0532. The molecule has 100 valence electrons. The second-order valence-electron chi connectivity index (χ2n) is 3.32. The summed E-state index contributed by atoms with van der Waals surface area (Å²) in [5.41, 5.74) is 0.341. The van der Waals surface area contributed by atoms with Crippen molar-refractivity contribution in [3.05, 3.63) is 34.8 Å². The van der Waals surface area contributed by atoms with Crippen molar-refractivity contribution in [2.24, 2.45) is 0 Å². The Morgan fingerprint density at radius 3 is 2.32 bits per heavy atom. The van der Waals surface area contributed by atoms with Crippen molar-refractivity contribution in [2.45, 2.75) is 4.90 Å². The minimum Gasteiger partial charge on any atom is -0.324 e. The molecule has 7 nitrogen and oxygen atoms in total. The summed E-state index contributed by atoms with van der Waals surface area (Å²) in [4.78, 5) is 10.8. The normalized spacial score (nSPS) is 11.3. The summed E-state index contributed by atoms with van der Waals surface area (Å²) in [6, 6.07) is 5.45. The highest BCUT2D eigenvalue weighted by atomic mass is 35.5. The van der Waals surface area contributed by atoms with Gasteiger partial charge in [-0.15, -0.1) is 0 Å². The summed E-state index contributed by atoms with van der Waals surface area (Å²) < 4.78 is 30.9. The molecular formula is C9H6Cl2N4O3S. The van der Waals surface area contributed by atoms with Gasteiger partial charge < -0.3 is 5.32 Å². The number of rotatable bonds is 3. The molecule has 19 heavy (non-hydrogen) atoms. The number of nitrogens with zero attached hydrogens (tertiary/aromatic N) is 3. The summed E-state index contributed by atoms with van der Waals surface area (Å²) in [6.45, 7) is 0. The van der Waals surface area contributed by atoms with Crippen molar-refractivity contribution in [2.75, 3.05) is 5.32 Å². The molecule has 1 heterocycles. The monoisotopic (exact) mass is 320 g/mol. The molecule has 0 amide bonds. The van der Waals surface area contributed by atoms with E-state index < -0.39 is 10.1 Å². The Morgan fingerprint density at radius 1 is 1.11 bits per heavy atom. The van der Waals surface area contributed by atoms with Gasteiger partial charge in [0.05, 0.1) is 4.90 Å². The van der Waals surface area contributed by atoms with E-state index in [-0.39, 0.29) is 21.4 Å². The van der Waals surface area contributed by atoms with Gasteiger partial charge in [-0.2, -0.15) is 23.4 Å². The maximum Gasteiger partial charge on any atom is 0.294 e. The number of benzene rings is 1. The summed E-state index contributed by atoms with van der Waals surface area (Å²) in [5.74, 6) is 0.0532. The van der Waals surface area contributed by atoms with Crippen LogP contribution in [0.1, 0.15) is 0 Å². The van der Waals surface area contributed by atoms with Gasteiger partial charge >= 0.3 is 0 Å². The Kier molecular flexibility index (Phi) is 3.85. The number of nitrogens with one attached hydrogen (secondary N) is 1. The van der Waals surface area contributed by atoms with E-state index >= 15 is 0 Å². The predicted octanol–water partition coefficient (Wildman–Crippen LogP) is 2.17. The highest BCUT2D eigenvalue weighted by Crippen LogP contribution is 2.19. The molecule has 2 rings (SSSR count). The topological polar surface area (TPSA) is 105 Å². The van der Waals surface area contributed by atoms with Gasteiger partial charge in [-0.3, -0.25) is 4.55 Å². The number of hydrogen-bond donors (Lipinski definition) is 2. The standard InChI is InChI=1S/C9H6Cl2N4O3S/c10-7-13-8(11)15-9(14-7)12-5-2-1-3-6(4-5)19(16,17)18/h1-4H,(H,16,17,18)(H,12,13,14,15). The molecule has 0 saturated carbocycles. The van der Waals surface area contributed by atoms with Crippen LogP contribution in [0.3, 0.4) is 0 Å². The van der Waals surface area contributed by atoms with E-state index in [1.807, 2.05) is 0 Å². The van der Waals surface area contributed by atoms with Gasteiger partial charge in [-0.05, 0) is 41.4 Å². The average Bonchev–Trinajstić information content (AvgIpc) is 2.26. The van der Waals surface area contributed by atoms with E-state index in [4.69, 9.17) is 27.8 Å². The largest absolute Gasteiger partial charge is 0.324 e. The zero-order valence-electron chi connectivity index (χ0n) is 9.08. The quantitative estimate of drug-likeness (QED) is 0.835. The molecule has 0 aliphatic carbocycles. The van der Waals surface area contributed by atoms with Crippen LogP contribution >= 0.6 is 23.2 Å². The molecule has 0 aliphatic heterocycles. The Hall–Kier alpha value is -1.48. The summed E-state index contributed by atoms with van der Waals surface area (Å²) in [5, 5.41) is 2.48. The fraction of sp³-hybridized carbons (Fsp3) is 0. The molecule has 0 aliphatic rings. The first kappa shape index (κ1) is 13.9. The van der Waals surface area contributed by atoms with E-state index in [0.29, 0.717) is 5.69 Å². The molecule has 0 spiro atoms. The molecule has 1 aromatic heterocycles. The number of halogens is 2. The van der Waals surface area contributed by atoms with Crippen LogP contribution in [-0.4, -0.2) is 27.9 Å². The first-order valence-corrected chi connectivity index (χ1v) is 6.96. The van der Waals surface area contributed by atoms with Crippen molar-refractivity contribution < 1.29 is 13.0 Å². The lowest BCUT2D eigenvalue weighted by molar-refractivity contribution is 0.483. The third-order valence-electron chi connectivity index (χ3n) is 1.97. The van der Waals surface area contributed by atoms with Gasteiger partial charge in [-0.1, -0.05) is 6.07 Å². The predicted molar refractivity (Wildman–Crippen MR) is 69.4 cm³/mol. The molecule has 2 N–H and O–H groups in total. The summed E-state index contributed by atoms with van der Waals surface area (Å²) in [7, 11) is -4.28. The van der Waals surface area contributed by atoms with Crippen LogP contribution in [0, 0.1) is 0 Å². The van der Waals surface area contributed by atoms with Crippen molar-refractivity contribution in [3.8, 4) is 0 Å². The molecule has 1 aromatic carbocycles. The second-order valence-corrected chi connectivity index (χ2v) is 5.42. The maximum absolute atomic E-state index is 11.0. The van der Waals surface area contributed by atoms with Gasteiger partial charge in [0.25, 0.3) is 10.1 Å². The molecule has 0 atom stereocenters. The second kappa shape index (κ2) is 5.25. The van der Waals surface area contributed by atoms with Gasteiger partial charge in [0.2, 0.25) is 16.5 Å². The highest BCUT2D eigenvalue weighted by molar-refractivity contribution is 7.85. The van der Waals surface area contributed by atoms with Crippen molar-refractivity contribution in [1.82, 2.24) is 15.0 Å². The fourth-order valence-corrected chi connectivity index (χ4v) is 2.14. The number of aromatic nitrogens is 3. The smallest absolute Gasteiger partial charge is 0.294 e. The highest BCUT2D eigenvalue weighted by Gasteiger charge is 2.10. The van der Waals surface area contributed by atoms with Crippen LogP contribution in [0.25, 0.3) is 0 Å². The lowest BCUT2D eigenvalue weighted by atomic mass is 10.3. The van der Waals surface area contributed by atoms with Gasteiger partial charge in [0, 0.05) is 5.69 Å². The van der Waals surface area contributed by atoms with Crippen LogP contribution in [0.15, 0.2) is 29.2 Å². The van der Waals surface area contributed by atoms with E-state index in [2.05, 4.69) is 20.3 Å². The maximum atomic E-state index is 11.0. The van der Waals surface area contributed by atoms with Crippen LogP contribution in [0.5, 0.6) is 0 Å². The van der Waals surface area contributed by atoms with Gasteiger partial charge in [0.1, 0.15) is 0 Å². The van der Waals surface area contributed by atoms with E-state index in [0.717, 1.165) is 0 Å². The van der Waals surface area contributed by atoms with Crippen LogP contribution in [0.2, 0.25) is 10.6 Å². The van der Waals surface area contributed by atoms with E-state index in [1.165, 1.54) is 18.2 Å². The molecule has 0 radical (unpaired) electrons. The van der Waals surface area contributed by atoms with Crippen LogP contribution in [0.4, 0.5) is 11.6 Å². The molecule has 10 heteroatoms. The summed E-state index contributed by atoms with van der Waals surface area (Å²) >= 11 is 11.2. The van der Waals surface area contributed by atoms with E-state index in [9.17, 15) is 8.42 Å². The third kappa shape index (κ3) is 3.74. The SMILES string of the molecule is O=S(=O)(O)c1cccc(Nc2nc(Cl)nc(Cl)n2)c1. The number of hydrogen-bond acceptors (Lipinski definition) is 6. The van der Waals surface area contributed by atoms with Gasteiger partial charge in [-0.25, -0.2) is 0 Å². The molecule has 2 aromatic rings. The summed E-state index contributed by atoms with van der Waals surface area (Å²) in [6.07, 6.45) is 0. The van der Waals surface area contributed by atoms with Crippen LogP contribution < -0.4 is 5.32 Å². The van der Waals surface area contributed by atoms with Crippen molar-refractivity contribution in [3.63, 3.8) is 0 Å².